The molecule has 3 aromatic rings. The first-order valence-corrected chi connectivity index (χ1v) is 12.5. The summed E-state index contributed by atoms with van der Waals surface area (Å²) in [5, 5.41) is 0. The second-order valence-electron chi connectivity index (χ2n) is 8.64. The minimum Gasteiger partial charge on any atom is -0.462 e. The third kappa shape index (κ3) is 6.52. The number of ether oxygens (including phenoxy) is 4. The van der Waals surface area contributed by atoms with Crippen molar-refractivity contribution in [2.45, 2.75) is 18.4 Å². The maximum Gasteiger partial charge on any atom is 0.345 e. The number of hydrogen-bond acceptors (Lipinski definition) is 11. The normalized spacial score (nSPS) is 12.5. The zero-order valence-electron chi connectivity index (χ0n) is 21.7. The molecule has 0 radical (unpaired) electrons. The van der Waals surface area contributed by atoms with E-state index in [9.17, 15) is 19.2 Å². The molecule has 0 aliphatic carbocycles. The average Bonchev–Trinajstić information content (AvgIpc) is 2.97. The number of para-hydroxylation sites is 3. The number of carbonyl (C=O) groups excluding carboxylic acids is 4. The Morgan fingerprint density at radius 3 is 1.35 bits per heavy atom. The van der Waals surface area contributed by atoms with Crippen molar-refractivity contribution < 1.29 is 38.1 Å². The molecule has 0 saturated heterocycles. The highest BCUT2D eigenvalue weighted by atomic mass is 16.6. The van der Waals surface area contributed by atoms with Crippen LogP contribution in [0.1, 0.15) is 12.8 Å². The van der Waals surface area contributed by atoms with Crippen molar-refractivity contribution in [1.29, 1.82) is 0 Å². The van der Waals surface area contributed by atoms with Crippen molar-refractivity contribution in [3.63, 3.8) is 0 Å². The Morgan fingerprint density at radius 1 is 0.575 bits per heavy atom. The van der Waals surface area contributed by atoms with Crippen LogP contribution in [-0.2, 0) is 23.9 Å². The van der Waals surface area contributed by atoms with Crippen LogP contribution in [0.2, 0.25) is 0 Å². The van der Waals surface area contributed by atoms with Crippen LogP contribution in [-0.4, -0.2) is 49.1 Å². The van der Waals surface area contributed by atoms with E-state index in [1.165, 1.54) is 36.4 Å². The fraction of sp³-hybridized carbons (Fsp3) is 0.241. The van der Waals surface area contributed by atoms with Crippen molar-refractivity contribution in [3.8, 4) is 17.2 Å². The van der Waals surface area contributed by atoms with Crippen molar-refractivity contribution >= 4 is 23.9 Å². The van der Waals surface area contributed by atoms with Gasteiger partial charge in [0.2, 0.25) is 11.0 Å². The highest BCUT2D eigenvalue weighted by molar-refractivity contribution is 6.18. The van der Waals surface area contributed by atoms with Crippen LogP contribution < -0.4 is 31.4 Å². The smallest absolute Gasteiger partial charge is 0.345 e. The van der Waals surface area contributed by atoms with E-state index in [2.05, 4.69) is 0 Å². The Kier molecular flexibility index (Phi) is 10.5. The van der Waals surface area contributed by atoms with E-state index in [0.29, 0.717) is 0 Å². The van der Waals surface area contributed by atoms with E-state index in [-0.39, 0.29) is 43.4 Å². The van der Waals surface area contributed by atoms with Crippen LogP contribution in [0.4, 0.5) is 0 Å². The van der Waals surface area contributed by atoms with E-state index < -0.39 is 41.3 Å². The third-order valence-corrected chi connectivity index (χ3v) is 5.98. The SMILES string of the molecule is NCCCC(C(=O)Oc1ccccc1)(C(=O)Oc1ccccc1)C(N)(C(=O)OCCN)C(=O)Oc1ccccc1. The van der Waals surface area contributed by atoms with Crippen LogP contribution in [0.5, 0.6) is 17.2 Å². The first-order chi connectivity index (χ1) is 19.3. The molecule has 1 atom stereocenters. The molecule has 0 heterocycles. The van der Waals surface area contributed by atoms with E-state index >= 15 is 0 Å². The van der Waals surface area contributed by atoms with Crippen LogP contribution in [0, 0.1) is 5.41 Å². The van der Waals surface area contributed by atoms with E-state index in [1.54, 1.807) is 54.6 Å². The number of esters is 4. The van der Waals surface area contributed by atoms with Crippen LogP contribution in [0.25, 0.3) is 0 Å². The summed E-state index contributed by atoms with van der Waals surface area (Å²) < 4.78 is 21.7. The summed E-state index contributed by atoms with van der Waals surface area (Å²) in [5.74, 6) is -5.54. The monoisotopic (exact) mass is 549 g/mol. The fourth-order valence-corrected chi connectivity index (χ4v) is 3.91. The van der Waals surface area contributed by atoms with Crippen LogP contribution in [0.15, 0.2) is 91.0 Å². The Morgan fingerprint density at radius 2 is 0.975 bits per heavy atom. The Labute approximate surface area is 231 Å². The largest absolute Gasteiger partial charge is 0.462 e. The van der Waals surface area contributed by atoms with Crippen molar-refractivity contribution in [2.75, 3.05) is 19.7 Å². The Balaban J connectivity index is 2.24. The summed E-state index contributed by atoms with van der Waals surface area (Å²) in [6, 6.07) is 23.1. The molecule has 40 heavy (non-hydrogen) atoms. The first kappa shape index (κ1) is 30.0. The van der Waals surface area contributed by atoms with Gasteiger partial charge < -0.3 is 36.1 Å². The summed E-state index contributed by atoms with van der Waals surface area (Å²) in [4.78, 5) is 55.6. The first-order valence-electron chi connectivity index (χ1n) is 12.5. The van der Waals surface area contributed by atoms with Gasteiger partial charge in [0.05, 0.1) is 0 Å². The average molecular weight is 550 g/mol. The van der Waals surface area contributed by atoms with Gasteiger partial charge in [-0.05, 0) is 55.8 Å². The van der Waals surface area contributed by atoms with Gasteiger partial charge >= 0.3 is 23.9 Å². The molecule has 0 fully saturated rings. The predicted octanol–water partition coefficient (Wildman–Crippen LogP) is 1.73. The highest BCUT2D eigenvalue weighted by Crippen LogP contribution is 2.41. The number of carbonyl (C=O) groups is 4. The molecular formula is C29H31N3O8. The lowest BCUT2D eigenvalue weighted by Crippen LogP contribution is -2.74. The van der Waals surface area contributed by atoms with Gasteiger partial charge in [-0.2, -0.15) is 0 Å². The van der Waals surface area contributed by atoms with Crippen LogP contribution >= 0.6 is 0 Å². The van der Waals surface area contributed by atoms with Gasteiger partial charge in [-0.3, -0.25) is 9.59 Å². The summed E-state index contributed by atoms with van der Waals surface area (Å²) >= 11 is 0. The zero-order chi connectivity index (χ0) is 29.0. The molecule has 11 nitrogen and oxygen atoms in total. The molecule has 210 valence electrons. The van der Waals surface area contributed by atoms with E-state index in [1.807, 2.05) is 0 Å². The molecule has 1 unspecified atom stereocenters. The van der Waals surface area contributed by atoms with Gasteiger partial charge in [0.1, 0.15) is 23.9 Å². The molecule has 6 N–H and O–H groups in total. The number of hydrogen-bond donors (Lipinski definition) is 3. The summed E-state index contributed by atoms with van der Waals surface area (Å²) in [6.45, 7) is -0.542. The molecule has 11 heteroatoms. The molecule has 0 saturated carbocycles. The van der Waals surface area contributed by atoms with Gasteiger partial charge in [-0.15, -0.1) is 0 Å². The van der Waals surface area contributed by atoms with E-state index in [4.69, 9.17) is 36.1 Å². The topological polar surface area (TPSA) is 183 Å². The zero-order valence-corrected chi connectivity index (χ0v) is 21.7. The van der Waals surface area contributed by atoms with Crippen molar-refractivity contribution in [3.05, 3.63) is 91.0 Å². The maximum atomic E-state index is 14.1. The standard InChI is InChI=1S/C29H31N3O8/c30-18-10-17-28(24(33)38-21-11-4-1-5-12-21,25(34)39-22-13-6-2-7-14-22)29(32,26(35)37-20-19-31)27(36)40-23-15-8-3-9-16-23/h1-9,11-16H,10,17-20,30-32H2. The minimum atomic E-state index is -3.09. The lowest BCUT2D eigenvalue weighted by molar-refractivity contribution is -0.185. The van der Waals surface area contributed by atoms with Gasteiger partial charge in [0, 0.05) is 6.54 Å². The molecule has 0 bridgehead atoms. The van der Waals surface area contributed by atoms with Crippen molar-refractivity contribution in [1.82, 2.24) is 0 Å². The molecule has 0 aromatic heterocycles. The number of nitrogens with two attached hydrogens (primary N) is 3. The van der Waals surface area contributed by atoms with Crippen molar-refractivity contribution in [2.24, 2.45) is 22.6 Å². The Hall–Kier alpha value is -4.58. The van der Waals surface area contributed by atoms with Gasteiger partial charge in [0.25, 0.3) is 0 Å². The number of benzene rings is 3. The molecule has 0 aliphatic rings. The maximum absolute atomic E-state index is 14.1. The number of rotatable bonds is 13. The summed E-state index contributed by atoms with van der Waals surface area (Å²) in [5.41, 5.74) is 11.9. The quantitative estimate of drug-likeness (QED) is 0.160. The molecule has 3 rings (SSSR count). The predicted molar refractivity (Wildman–Crippen MR) is 144 cm³/mol. The van der Waals surface area contributed by atoms with Crippen LogP contribution in [0.3, 0.4) is 0 Å². The molecule has 3 aromatic carbocycles. The molecular weight excluding hydrogens is 518 g/mol. The van der Waals surface area contributed by atoms with Gasteiger partial charge in [-0.25, -0.2) is 9.59 Å². The third-order valence-electron chi connectivity index (χ3n) is 5.98. The van der Waals surface area contributed by atoms with Gasteiger partial charge in [0.15, 0.2) is 0 Å². The van der Waals surface area contributed by atoms with Gasteiger partial charge in [-0.1, -0.05) is 54.6 Å². The second kappa shape index (κ2) is 14.0. The van der Waals surface area contributed by atoms with E-state index in [0.717, 1.165) is 0 Å². The lowest BCUT2D eigenvalue weighted by atomic mass is 9.66. The molecule has 0 spiro atoms. The molecule has 0 amide bonds. The second-order valence-corrected chi connectivity index (χ2v) is 8.64. The summed E-state index contributed by atoms with van der Waals surface area (Å²) in [6.07, 6.45) is -0.575. The summed E-state index contributed by atoms with van der Waals surface area (Å²) in [7, 11) is 0. The minimum absolute atomic E-state index is 0.00507. The molecule has 0 aliphatic heterocycles. The Bertz CT molecular complexity index is 1230. The highest BCUT2D eigenvalue weighted by Gasteiger charge is 2.72. The fourth-order valence-electron chi connectivity index (χ4n) is 3.91. The lowest BCUT2D eigenvalue weighted by Gasteiger charge is -2.40.